The van der Waals surface area contributed by atoms with Gasteiger partial charge in [-0.1, -0.05) is 0 Å². The van der Waals surface area contributed by atoms with Crippen LogP contribution < -0.4 is 0 Å². The molecule has 54 valence electrons. The molecule has 0 saturated carbocycles. The molecule has 0 aliphatic heterocycles. The van der Waals surface area contributed by atoms with Gasteiger partial charge in [-0.3, -0.25) is 4.98 Å². The van der Waals surface area contributed by atoms with Crippen LogP contribution in [0, 0.1) is 9.39 Å². The zero-order valence-corrected chi connectivity index (χ0v) is 7.17. The van der Waals surface area contributed by atoms with Crippen LogP contribution in [0.4, 0.5) is 4.39 Å². The van der Waals surface area contributed by atoms with Crippen LogP contribution >= 0.6 is 22.6 Å². The third-order valence-corrected chi connectivity index (χ3v) is 2.20. The van der Waals surface area contributed by atoms with Crippen LogP contribution in [0.25, 0.3) is 0 Å². The summed E-state index contributed by atoms with van der Waals surface area (Å²) in [7, 11) is 0. The maximum atomic E-state index is 12.6. The summed E-state index contributed by atoms with van der Waals surface area (Å²) in [6, 6.07) is 1.26. The van der Waals surface area contributed by atoms with E-state index in [0.717, 1.165) is 0 Å². The fraction of sp³-hybridized carbons (Fsp3) is 0.167. The largest absolute Gasteiger partial charge is 0.390 e. The average molecular weight is 253 g/mol. The molecule has 0 aliphatic carbocycles. The number of aliphatic hydroxyl groups is 1. The highest BCUT2D eigenvalue weighted by Gasteiger charge is 2.03. The Morgan fingerprint density at radius 3 is 2.90 bits per heavy atom. The second kappa shape index (κ2) is 3.25. The lowest BCUT2D eigenvalue weighted by Gasteiger charge is -1.98. The van der Waals surface area contributed by atoms with E-state index in [4.69, 9.17) is 5.11 Å². The fourth-order valence-electron chi connectivity index (χ4n) is 0.571. The van der Waals surface area contributed by atoms with E-state index in [1.165, 1.54) is 12.3 Å². The van der Waals surface area contributed by atoms with Crippen molar-refractivity contribution in [2.45, 2.75) is 6.61 Å². The smallest absolute Gasteiger partial charge is 0.139 e. The average Bonchev–Trinajstić information content (AvgIpc) is 1.95. The summed E-state index contributed by atoms with van der Waals surface area (Å²) in [6.07, 6.45) is 1.34. The number of pyridine rings is 1. The third-order valence-electron chi connectivity index (χ3n) is 1.06. The minimum absolute atomic E-state index is 0.212. The molecule has 0 fully saturated rings. The molecule has 0 unspecified atom stereocenters. The summed E-state index contributed by atoms with van der Waals surface area (Å²) in [4.78, 5) is 3.76. The maximum absolute atomic E-state index is 12.6. The van der Waals surface area contributed by atoms with Crippen LogP contribution in [0.5, 0.6) is 0 Å². The zero-order valence-electron chi connectivity index (χ0n) is 5.01. The van der Waals surface area contributed by atoms with Gasteiger partial charge < -0.3 is 5.11 Å². The maximum Gasteiger partial charge on any atom is 0.139 e. The number of hydrogen-bond donors (Lipinski definition) is 1. The van der Waals surface area contributed by atoms with E-state index in [-0.39, 0.29) is 12.4 Å². The van der Waals surface area contributed by atoms with Crippen molar-refractivity contribution in [3.05, 3.63) is 27.3 Å². The van der Waals surface area contributed by atoms with Crippen molar-refractivity contribution in [1.82, 2.24) is 4.98 Å². The fourth-order valence-corrected chi connectivity index (χ4v) is 1.06. The molecule has 1 N–H and O–H groups in total. The van der Waals surface area contributed by atoms with Gasteiger partial charge in [-0.2, -0.15) is 0 Å². The van der Waals surface area contributed by atoms with Gasteiger partial charge in [0.25, 0.3) is 0 Å². The van der Waals surface area contributed by atoms with Crippen LogP contribution in [-0.2, 0) is 6.61 Å². The number of aromatic nitrogens is 1. The molecule has 0 amide bonds. The molecule has 4 heteroatoms. The van der Waals surface area contributed by atoms with Crippen LogP contribution in [-0.4, -0.2) is 10.1 Å². The monoisotopic (exact) mass is 253 g/mol. The highest BCUT2D eigenvalue weighted by Crippen LogP contribution is 2.12. The molecule has 1 aromatic rings. The lowest BCUT2D eigenvalue weighted by atomic mass is 10.3. The van der Waals surface area contributed by atoms with E-state index in [1.807, 2.05) is 22.6 Å². The molecule has 1 rings (SSSR count). The van der Waals surface area contributed by atoms with E-state index >= 15 is 0 Å². The number of nitrogens with zero attached hydrogens (tertiary/aromatic N) is 1. The Hall–Kier alpha value is -0.230. The number of aliphatic hydroxyl groups excluding tert-OH is 1. The first-order valence-corrected chi connectivity index (χ1v) is 3.73. The predicted molar refractivity (Wildman–Crippen MR) is 42.8 cm³/mol. The van der Waals surface area contributed by atoms with Crippen LogP contribution in [0.15, 0.2) is 12.3 Å². The third kappa shape index (κ3) is 1.43. The van der Waals surface area contributed by atoms with Gasteiger partial charge in [-0.05, 0) is 28.7 Å². The normalized spacial score (nSPS) is 9.90. The van der Waals surface area contributed by atoms with E-state index in [1.54, 1.807) is 0 Å². The Labute approximate surface area is 71.2 Å². The van der Waals surface area contributed by atoms with Gasteiger partial charge in [0.1, 0.15) is 5.82 Å². The van der Waals surface area contributed by atoms with Crippen LogP contribution in [0.3, 0.4) is 0 Å². The molecule has 0 atom stereocenters. The van der Waals surface area contributed by atoms with E-state index in [9.17, 15) is 4.39 Å². The van der Waals surface area contributed by atoms with Crippen LogP contribution in [0.1, 0.15) is 5.69 Å². The first-order chi connectivity index (χ1) is 4.75. The molecule has 0 radical (unpaired) electrons. The minimum atomic E-state index is -0.334. The highest BCUT2D eigenvalue weighted by molar-refractivity contribution is 14.1. The Kier molecular flexibility index (Phi) is 2.56. The van der Waals surface area contributed by atoms with E-state index in [2.05, 4.69) is 4.98 Å². The van der Waals surface area contributed by atoms with Crippen molar-refractivity contribution < 1.29 is 9.50 Å². The predicted octanol–water partition coefficient (Wildman–Crippen LogP) is 1.32. The number of hydrogen-bond acceptors (Lipinski definition) is 2. The Morgan fingerprint density at radius 1 is 1.70 bits per heavy atom. The van der Waals surface area contributed by atoms with Gasteiger partial charge in [0.15, 0.2) is 0 Å². The summed E-state index contributed by atoms with van der Waals surface area (Å²) >= 11 is 1.81. The van der Waals surface area contributed by atoms with Crippen molar-refractivity contribution in [3.8, 4) is 0 Å². The molecule has 0 aliphatic rings. The SMILES string of the molecule is OCc1nccc(F)c1I. The summed E-state index contributed by atoms with van der Waals surface area (Å²) in [5.74, 6) is -0.334. The van der Waals surface area contributed by atoms with Crippen molar-refractivity contribution in [2.24, 2.45) is 0 Å². The van der Waals surface area contributed by atoms with Gasteiger partial charge in [0.05, 0.1) is 15.9 Å². The molecule has 1 heterocycles. The Morgan fingerprint density at radius 2 is 2.40 bits per heavy atom. The molecular formula is C6H5FINO. The van der Waals surface area contributed by atoms with Gasteiger partial charge in [0, 0.05) is 6.20 Å². The van der Waals surface area contributed by atoms with E-state index < -0.39 is 0 Å². The second-order valence-electron chi connectivity index (χ2n) is 1.71. The summed E-state index contributed by atoms with van der Waals surface area (Å²) in [5.41, 5.74) is 0.389. The van der Waals surface area contributed by atoms with Crippen molar-refractivity contribution >= 4 is 22.6 Å². The Balaban J connectivity index is 3.14. The summed E-state index contributed by atoms with van der Waals surface area (Å²) < 4.78 is 13.0. The van der Waals surface area contributed by atoms with E-state index in [0.29, 0.717) is 9.26 Å². The molecule has 2 nitrogen and oxygen atoms in total. The van der Waals surface area contributed by atoms with Crippen molar-refractivity contribution in [3.63, 3.8) is 0 Å². The molecule has 0 spiro atoms. The molecule has 10 heavy (non-hydrogen) atoms. The first-order valence-electron chi connectivity index (χ1n) is 2.65. The highest BCUT2D eigenvalue weighted by atomic mass is 127. The summed E-state index contributed by atoms with van der Waals surface area (Å²) in [5, 5.41) is 8.61. The standard InChI is InChI=1S/C6H5FINO/c7-4-1-2-9-5(3-10)6(4)8/h1-2,10H,3H2. The molecular weight excluding hydrogens is 248 g/mol. The first kappa shape index (κ1) is 7.87. The lowest BCUT2D eigenvalue weighted by molar-refractivity contribution is 0.275. The summed E-state index contributed by atoms with van der Waals surface area (Å²) in [6.45, 7) is -0.212. The van der Waals surface area contributed by atoms with Gasteiger partial charge >= 0.3 is 0 Å². The molecule has 0 saturated heterocycles. The zero-order chi connectivity index (χ0) is 7.56. The van der Waals surface area contributed by atoms with Gasteiger partial charge in [0.2, 0.25) is 0 Å². The van der Waals surface area contributed by atoms with Gasteiger partial charge in [-0.15, -0.1) is 0 Å². The van der Waals surface area contributed by atoms with Crippen molar-refractivity contribution in [2.75, 3.05) is 0 Å². The Bertz CT molecular complexity index is 241. The topological polar surface area (TPSA) is 33.1 Å². The molecule has 1 aromatic heterocycles. The van der Waals surface area contributed by atoms with Crippen LogP contribution in [0.2, 0.25) is 0 Å². The number of halogens is 2. The molecule has 0 bridgehead atoms. The van der Waals surface area contributed by atoms with Gasteiger partial charge in [-0.25, -0.2) is 4.39 Å². The lowest BCUT2D eigenvalue weighted by Crippen LogP contribution is -1.95. The molecule has 0 aromatic carbocycles. The second-order valence-corrected chi connectivity index (χ2v) is 2.79. The minimum Gasteiger partial charge on any atom is -0.390 e. The number of rotatable bonds is 1. The quantitative estimate of drug-likeness (QED) is 0.765. The van der Waals surface area contributed by atoms with Crippen molar-refractivity contribution in [1.29, 1.82) is 0 Å².